The van der Waals surface area contributed by atoms with E-state index in [1.807, 2.05) is 0 Å². The van der Waals surface area contributed by atoms with Crippen LogP contribution in [0, 0.1) is 0 Å². The van der Waals surface area contributed by atoms with Gasteiger partial charge < -0.3 is 19.8 Å². The molecule has 0 bridgehead atoms. The van der Waals surface area contributed by atoms with Crippen LogP contribution in [0.1, 0.15) is 16.3 Å². The number of nitrogens with one attached hydrogen (secondary N) is 3. The maximum atomic E-state index is 12.2. The highest BCUT2D eigenvalue weighted by Crippen LogP contribution is 2.18. The van der Waals surface area contributed by atoms with E-state index in [0.29, 0.717) is 23.9 Å². The van der Waals surface area contributed by atoms with Crippen molar-refractivity contribution in [1.82, 2.24) is 20.2 Å². The van der Waals surface area contributed by atoms with E-state index in [4.69, 9.17) is 9.47 Å². The van der Waals surface area contributed by atoms with Crippen molar-refractivity contribution in [2.75, 3.05) is 19.5 Å². The van der Waals surface area contributed by atoms with E-state index in [9.17, 15) is 9.59 Å². The van der Waals surface area contributed by atoms with Crippen LogP contribution < -0.4 is 15.5 Å². The fourth-order valence-corrected chi connectivity index (χ4v) is 2.28. The lowest BCUT2D eigenvalue weighted by Crippen LogP contribution is -2.17. The van der Waals surface area contributed by atoms with Crippen molar-refractivity contribution in [3.05, 3.63) is 58.3 Å². The van der Waals surface area contributed by atoms with Crippen molar-refractivity contribution in [3.8, 4) is 17.1 Å². The largest absolute Gasteiger partial charge is 0.491 e. The molecule has 0 aliphatic heterocycles. The molecule has 26 heavy (non-hydrogen) atoms. The van der Waals surface area contributed by atoms with Crippen molar-refractivity contribution in [2.45, 2.75) is 6.61 Å². The summed E-state index contributed by atoms with van der Waals surface area (Å²) in [5.74, 6) is 0.876. The number of hydrogen-bond acceptors (Lipinski definition) is 6. The molecule has 1 aromatic carbocycles. The number of hydrogen-bond donors (Lipinski definition) is 3. The fraction of sp³-hybridized carbons (Fsp3) is 0.176. The first-order chi connectivity index (χ1) is 12.6. The van der Waals surface area contributed by atoms with E-state index in [0.717, 1.165) is 5.56 Å². The molecule has 134 valence electrons. The third-order valence-electron chi connectivity index (χ3n) is 3.56. The summed E-state index contributed by atoms with van der Waals surface area (Å²) >= 11 is 0. The van der Waals surface area contributed by atoms with Crippen molar-refractivity contribution in [3.63, 3.8) is 0 Å². The van der Waals surface area contributed by atoms with Gasteiger partial charge in [0.25, 0.3) is 5.91 Å². The highest BCUT2D eigenvalue weighted by Gasteiger charge is 2.10. The predicted octanol–water partition coefficient (Wildman–Crippen LogP) is 1.57. The van der Waals surface area contributed by atoms with E-state index in [1.54, 1.807) is 31.4 Å². The number of pyridine rings is 1. The molecular weight excluding hydrogens is 338 g/mol. The standard InChI is InChI=1S/C17H17N5O4/c1-25-9-15-20-16(22-21-15)10-3-5-11(6-4-10)19-17(24)12-7-13(23)14(26-2)8-18-12/h3-8H,9H2,1-2H3,(H,18,23)(H,19,24)(H,20,21,22). The number of methoxy groups -OCH3 is 2. The third kappa shape index (κ3) is 3.78. The van der Waals surface area contributed by atoms with E-state index in [1.165, 1.54) is 19.4 Å². The Morgan fingerprint density at radius 2 is 2.00 bits per heavy atom. The summed E-state index contributed by atoms with van der Waals surface area (Å²) in [6.45, 7) is 0.348. The smallest absolute Gasteiger partial charge is 0.272 e. The van der Waals surface area contributed by atoms with Crippen LogP contribution in [0.3, 0.4) is 0 Å². The summed E-state index contributed by atoms with van der Waals surface area (Å²) in [5.41, 5.74) is 1.13. The lowest BCUT2D eigenvalue weighted by molar-refractivity contribution is 0.102. The normalized spacial score (nSPS) is 10.5. The number of aromatic nitrogens is 4. The molecule has 0 radical (unpaired) electrons. The van der Waals surface area contributed by atoms with E-state index >= 15 is 0 Å². The van der Waals surface area contributed by atoms with Crippen LogP contribution in [0.5, 0.6) is 5.75 Å². The van der Waals surface area contributed by atoms with Crippen LogP contribution in [-0.2, 0) is 11.3 Å². The quantitative estimate of drug-likeness (QED) is 0.617. The summed E-state index contributed by atoms with van der Waals surface area (Å²) in [6.07, 6.45) is 1.35. The maximum absolute atomic E-state index is 12.2. The van der Waals surface area contributed by atoms with E-state index < -0.39 is 5.91 Å². The first kappa shape index (κ1) is 17.4. The molecule has 0 unspecified atom stereocenters. The number of amides is 1. The molecule has 0 aliphatic rings. The average molecular weight is 355 g/mol. The highest BCUT2D eigenvalue weighted by molar-refractivity contribution is 6.02. The Kier molecular flexibility index (Phi) is 5.09. The molecule has 9 nitrogen and oxygen atoms in total. The van der Waals surface area contributed by atoms with Gasteiger partial charge in [0.15, 0.2) is 17.4 Å². The first-order valence-electron chi connectivity index (χ1n) is 7.69. The Hall–Kier alpha value is -3.46. The Labute approximate surface area is 148 Å². The van der Waals surface area contributed by atoms with Gasteiger partial charge in [-0.2, -0.15) is 5.10 Å². The van der Waals surface area contributed by atoms with Gasteiger partial charge in [-0.15, -0.1) is 0 Å². The van der Waals surface area contributed by atoms with Gasteiger partial charge in [0.05, 0.1) is 7.11 Å². The number of H-pyrrole nitrogens is 2. The number of carbonyl (C=O) groups excluding carboxylic acids is 1. The van der Waals surface area contributed by atoms with Crippen LogP contribution in [0.4, 0.5) is 5.69 Å². The van der Waals surface area contributed by atoms with E-state index in [-0.39, 0.29) is 16.9 Å². The van der Waals surface area contributed by atoms with Gasteiger partial charge in [0.2, 0.25) is 5.43 Å². The van der Waals surface area contributed by atoms with Crippen molar-refractivity contribution in [1.29, 1.82) is 0 Å². The van der Waals surface area contributed by atoms with Crippen molar-refractivity contribution >= 4 is 11.6 Å². The highest BCUT2D eigenvalue weighted by atomic mass is 16.5. The van der Waals surface area contributed by atoms with Gasteiger partial charge in [-0.1, -0.05) is 0 Å². The topological polar surface area (TPSA) is 122 Å². The van der Waals surface area contributed by atoms with Crippen LogP contribution >= 0.6 is 0 Å². The predicted molar refractivity (Wildman–Crippen MR) is 94.1 cm³/mol. The molecule has 0 aliphatic carbocycles. The van der Waals surface area contributed by atoms with Crippen molar-refractivity contribution in [2.24, 2.45) is 0 Å². The molecule has 0 atom stereocenters. The molecule has 1 amide bonds. The number of anilines is 1. The summed E-state index contributed by atoms with van der Waals surface area (Å²) in [7, 11) is 2.97. The average Bonchev–Trinajstić information content (AvgIpc) is 3.11. The zero-order chi connectivity index (χ0) is 18.5. The number of aromatic amines is 2. The Morgan fingerprint density at radius 3 is 2.65 bits per heavy atom. The molecule has 3 N–H and O–H groups in total. The number of nitrogens with zero attached hydrogens (tertiary/aromatic N) is 2. The van der Waals surface area contributed by atoms with Gasteiger partial charge in [-0.05, 0) is 24.3 Å². The van der Waals surface area contributed by atoms with Gasteiger partial charge in [-0.3, -0.25) is 14.7 Å². The fourth-order valence-electron chi connectivity index (χ4n) is 2.28. The van der Waals surface area contributed by atoms with E-state index in [2.05, 4.69) is 25.5 Å². The SMILES string of the molecule is COCc1nc(-c2ccc(NC(=O)c3cc(=O)c(OC)c[nH]3)cc2)n[nH]1. The Bertz CT molecular complexity index is 962. The number of ether oxygens (including phenoxy) is 2. The third-order valence-corrected chi connectivity index (χ3v) is 3.56. The van der Waals surface area contributed by atoms with Crippen LogP contribution in [0.25, 0.3) is 11.4 Å². The van der Waals surface area contributed by atoms with Crippen LogP contribution in [0.2, 0.25) is 0 Å². The van der Waals surface area contributed by atoms with Crippen molar-refractivity contribution < 1.29 is 14.3 Å². The number of rotatable bonds is 6. The van der Waals surface area contributed by atoms with Gasteiger partial charge in [0.1, 0.15) is 12.3 Å². The molecule has 2 heterocycles. The second kappa shape index (κ2) is 7.62. The number of benzene rings is 1. The molecule has 0 saturated heterocycles. The summed E-state index contributed by atoms with van der Waals surface area (Å²) in [6, 6.07) is 8.20. The Balaban J connectivity index is 1.71. The molecule has 3 rings (SSSR count). The first-order valence-corrected chi connectivity index (χ1v) is 7.69. The lowest BCUT2D eigenvalue weighted by Gasteiger charge is -2.06. The molecule has 3 aromatic rings. The zero-order valence-corrected chi connectivity index (χ0v) is 14.2. The van der Waals surface area contributed by atoms with Gasteiger partial charge in [0, 0.05) is 30.6 Å². The molecule has 0 fully saturated rings. The van der Waals surface area contributed by atoms with Crippen LogP contribution in [0.15, 0.2) is 41.3 Å². The molecule has 9 heteroatoms. The second-order valence-corrected chi connectivity index (χ2v) is 5.35. The lowest BCUT2D eigenvalue weighted by atomic mass is 10.2. The van der Waals surface area contributed by atoms with Crippen LogP contribution in [-0.4, -0.2) is 40.3 Å². The minimum absolute atomic E-state index is 0.137. The minimum atomic E-state index is -0.433. The zero-order valence-electron chi connectivity index (χ0n) is 14.2. The molecule has 0 saturated carbocycles. The Morgan fingerprint density at radius 1 is 1.23 bits per heavy atom. The summed E-state index contributed by atoms with van der Waals surface area (Å²) < 4.78 is 9.86. The maximum Gasteiger partial charge on any atom is 0.272 e. The molecular formula is C17H17N5O4. The minimum Gasteiger partial charge on any atom is -0.491 e. The van der Waals surface area contributed by atoms with Gasteiger partial charge >= 0.3 is 0 Å². The monoisotopic (exact) mass is 355 g/mol. The molecule has 2 aromatic heterocycles. The summed E-state index contributed by atoms with van der Waals surface area (Å²) in [5, 5.41) is 9.61. The number of carbonyl (C=O) groups is 1. The summed E-state index contributed by atoms with van der Waals surface area (Å²) in [4.78, 5) is 31.0. The second-order valence-electron chi connectivity index (χ2n) is 5.35. The molecule has 0 spiro atoms. The van der Waals surface area contributed by atoms with Gasteiger partial charge in [-0.25, -0.2) is 4.98 Å².